The minimum Gasteiger partial charge on any atom is -0.547 e. The molecule has 0 saturated carbocycles. The van der Waals surface area contributed by atoms with Crippen molar-refractivity contribution < 1.29 is 119 Å². The molecule has 4 unspecified atom stereocenters. The summed E-state index contributed by atoms with van der Waals surface area (Å²) in [4.78, 5) is 37.4. The van der Waals surface area contributed by atoms with Gasteiger partial charge >= 0.3 is 96.9 Å². The molecule has 0 aliphatic rings. The molecule has 0 rings (SSSR count). The summed E-state index contributed by atoms with van der Waals surface area (Å²) in [6, 6.07) is 0. The SMILES string of the molecule is CC(O)C(=O)[O-].CC(O)C(=O)[O-].CC(O)C(=O)[O-].CC(O)C(=O)[O-].[Ca+2].[Na+].[Na+]. The first kappa shape index (κ1) is 46.3. The van der Waals surface area contributed by atoms with E-state index < -0.39 is 48.3 Å². The number of hydrogen-bond acceptors (Lipinski definition) is 12. The Bertz CT molecular complexity index is 317. The number of aliphatic hydroxyl groups is 4. The van der Waals surface area contributed by atoms with Crippen LogP contribution in [-0.2, 0) is 19.2 Å². The van der Waals surface area contributed by atoms with E-state index in [-0.39, 0.29) is 96.9 Å². The summed E-state index contributed by atoms with van der Waals surface area (Å²) in [5.41, 5.74) is 0. The molecule has 144 valence electrons. The monoisotopic (exact) mass is 442 g/mol. The molecule has 0 aromatic rings. The van der Waals surface area contributed by atoms with Gasteiger partial charge in [0.15, 0.2) is 0 Å². The molecular weight excluding hydrogens is 422 g/mol. The molecule has 0 aromatic heterocycles. The van der Waals surface area contributed by atoms with Crippen molar-refractivity contribution in [1.82, 2.24) is 0 Å². The minimum atomic E-state index is -1.44. The van der Waals surface area contributed by atoms with Crippen LogP contribution in [0.5, 0.6) is 0 Å². The van der Waals surface area contributed by atoms with E-state index in [4.69, 9.17) is 20.4 Å². The molecule has 4 atom stereocenters. The van der Waals surface area contributed by atoms with Crippen LogP contribution < -0.4 is 79.5 Å². The smallest absolute Gasteiger partial charge is 0.547 e. The van der Waals surface area contributed by atoms with Crippen LogP contribution in [0.2, 0.25) is 0 Å². The molecule has 0 spiro atoms. The van der Waals surface area contributed by atoms with Crippen LogP contribution in [0.15, 0.2) is 0 Å². The minimum absolute atomic E-state index is 0. The van der Waals surface area contributed by atoms with Crippen LogP contribution in [-0.4, -0.2) is 106 Å². The molecule has 0 fully saturated rings. The number of carbonyl (C=O) groups excluding carboxylic acids is 4. The molecule has 0 aliphatic heterocycles. The quantitative estimate of drug-likeness (QED) is 0.297. The van der Waals surface area contributed by atoms with Gasteiger partial charge < -0.3 is 60.0 Å². The van der Waals surface area contributed by atoms with Crippen molar-refractivity contribution >= 4 is 61.6 Å². The van der Waals surface area contributed by atoms with Crippen LogP contribution in [0, 0.1) is 0 Å². The zero-order valence-electron chi connectivity index (χ0n) is 16.1. The number of carboxylic acids is 4. The van der Waals surface area contributed by atoms with Crippen LogP contribution in [0.25, 0.3) is 0 Å². The standard InChI is InChI=1S/4C3H6O3.Ca.2Na/c4*1-2(4)3(5)6;;;/h4*2,4H,1H3,(H,5,6);;;/q;;;;+2;2*+1/p-4. The van der Waals surface area contributed by atoms with E-state index in [9.17, 15) is 39.6 Å². The second kappa shape index (κ2) is 29.2. The van der Waals surface area contributed by atoms with Crippen molar-refractivity contribution in [2.45, 2.75) is 52.1 Å². The first-order valence-electron chi connectivity index (χ1n) is 6.13. The van der Waals surface area contributed by atoms with Crippen molar-refractivity contribution in [3.63, 3.8) is 0 Å². The Labute approximate surface area is 230 Å². The largest absolute Gasteiger partial charge is 2.00 e. The molecule has 0 bridgehead atoms. The van der Waals surface area contributed by atoms with E-state index in [1.807, 2.05) is 0 Å². The normalized spacial score (nSPS) is 12.1. The Balaban J connectivity index is -0.0000000381. The van der Waals surface area contributed by atoms with E-state index in [2.05, 4.69) is 0 Å². The summed E-state index contributed by atoms with van der Waals surface area (Å²) in [6.45, 7) is 4.54. The van der Waals surface area contributed by atoms with Crippen molar-refractivity contribution in [1.29, 1.82) is 0 Å². The van der Waals surface area contributed by atoms with Gasteiger partial charge in [0, 0.05) is 0 Å². The van der Waals surface area contributed by atoms with Crippen LogP contribution in [0.1, 0.15) is 27.7 Å². The van der Waals surface area contributed by atoms with Gasteiger partial charge in [-0.15, -0.1) is 0 Å². The molecule has 0 radical (unpaired) electrons. The molecule has 0 saturated heterocycles. The molecule has 4 N–H and O–H groups in total. The van der Waals surface area contributed by atoms with E-state index >= 15 is 0 Å². The third kappa shape index (κ3) is 58.4. The molecule has 12 nitrogen and oxygen atoms in total. The maximum Gasteiger partial charge on any atom is 2.00 e. The van der Waals surface area contributed by atoms with Crippen molar-refractivity contribution in [3.8, 4) is 0 Å². The molecule has 27 heavy (non-hydrogen) atoms. The second-order valence-electron chi connectivity index (χ2n) is 3.98. The predicted octanol–water partition coefficient (Wildman–Crippen LogP) is -13.9. The fourth-order valence-electron chi connectivity index (χ4n) is 0. The third-order valence-electron chi connectivity index (χ3n) is 1.36. The Morgan fingerprint density at radius 2 is 0.556 bits per heavy atom. The van der Waals surface area contributed by atoms with E-state index in [1.54, 1.807) is 0 Å². The van der Waals surface area contributed by atoms with Crippen molar-refractivity contribution in [2.24, 2.45) is 0 Å². The third-order valence-corrected chi connectivity index (χ3v) is 1.36. The number of carbonyl (C=O) groups is 4. The van der Waals surface area contributed by atoms with Gasteiger partial charge in [0.1, 0.15) is 0 Å². The van der Waals surface area contributed by atoms with Gasteiger partial charge in [-0.05, 0) is 27.7 Å². The van der Waals surface area contributed by atoms with Gasteiger partial charge in [0.05, 0.1) is 48.3 Å². The molecule has 15 heteroatoms. The van der Waals surface area contributed by atoms with E-state index in [0.717, 1.165) is 27.7 Å². The Morgan fingerprint density at radius 1 is 0.519 bits per heavy atom. The summed E-state index contributed by atoms with van der Waals surface area (Å²) in [5, 5.41) is 69.2. The zero-order chi connectivity index (χ0) is 20.6. The van der Waals surface area contributed by atoms with Gasteiger partial charge in [0.2, 0.25) is 0 Å². The molecule has 0 amide bonds. The topological polar surface area (TPSA) is 241 Å². The number of aliphatic hydroxyl groups excluding tert-OH is 4. The average molecular weight is 442 g/mol. The summed E-state index contributed by atoms with van der Waals surface area (Å²) in [6.07, 6.45) is -5.37. The van der Waals surface area contributed by atoms with E-state index in [0.29, 0.717) is 0 Å². The molecule has 0 aliphatic carbocycles. The second-order valence-corrected chi connectivity index (χ2v) is 3.98. The average Bonchev–Trinajstić information content (AvgIpc) is 2.40. The molecular formula is C12H20CaNa2O12. The van der Waals surface area contributed by atoms with Crippen LogP contribution in [0.3, 0.4) is 0 Å². The summed E-state index contributed by atoms with van der Waals surface area (Å²) in [5.74, 6) is -5.74. The van der Waals surface area contributed by atoms with Gasteiger partial charge in [-0.3, -0.25) is 0 Å². The van der Waals surface area contributed by atoms with Gasteiger partial charge in [0.25, 0.3) is 0 Å². The maximum absolute atomic E-state index is 9.34. The van der Waals surface area contributed by atoms with Crippen LogP contribution in [0.4, 0.5) is 0 Å². The van der Waals surface area contributed by atoms with Crippen LogP contribution >= 0.6 is 0 Å². The number of rotatable bonds is 4. The van der Waals surface area contributed by atoms with Crippen molar-refractivity contribution in [2.75, 3.05) is 0 Å². The summed E-state index contributed by atoms with van der Waals surface area (Å²) >= 11 is 0. The fourth-order valence-corrected chi connectivity index (χ4v) is 0. The molecule has 0 aromatic carbocycles. The zero-order valence-corrected chi connectivity index (χ0v) is 22.3. The molecule has 0 heterocycles. The number of aliphatic carboxylic acids is 4. The first-order chi connectivity index (χ1) is 10.6. The first-order valence-corrected chi connectivity index (χ1v) is 6.13. The fraction of sp³-hybridized carbons (Fsp3) is 0.667. The Morgan fingerprint density at radius 3 is 0.556 bits per heavy atom. The Kier molecular flexibility index (Phi) is 50.0. The van der Waals surface area contributed by atoms with Gasteiger partial charge in [-0.25, -0.2) is 0 Å². The number of carboxylic acid groups (broad SMARTS) is 4. The van der Waals surface area contributed by atoms with Crippen molar-refractivity contribution in [3.05, 3.63) is 0 Å². The van der Waals surface area contributed by atoms with Gasteiger partial charge in [-0.2, -0.15) is 0 Å². The summed E-state index contributed by atoms with van der Waals surface area (Å²) < 4.78 is 0. The number of hydrogen-bond donors (Lipinski definition) is 4. The van der Waals surface area contributed by atoms with E-state index in [1.165, 1.54) is 0 Å². The predicted molar refractivity (Wildman–Crippen MR) is 72.5 cm³/mol. The van der Waals surface area contributed by atoms with Gasteiger partial charge in [-0.1, -0.05) is 0 Å². The maximum atomic E-state index is 9.34. The summed E-state index contributed by atoms with van der Waals surface area (Å²) in [7, 11) is 0. The Hall–Kier alpha value is 0.980.